The van der Waals surface area contributed by atoms with Crippen LogP contribution in [0.15, 0.2) is 85.6 Å². The smallest absolute Gasteiger partial charge is 0.137 e. The predicted octanol–water partition coefficient (Wildman–Crippen LogP) is 4.38. The van der Waals surface area contributed by atoms with Crippen LogP contribution in [-0.4, -0.2) is 24.1 Å². The van der Waals surface area contributed by atoms with E-state index < -0.39 is 0 Å². The Morgan fingerprint density at radius 1 is 0.897 bits per heavy atom. The second-order valence-corrected chi connectivity index (χ2v) is 6.80. The highest BCUT2D eigenvalue weighted by Crippen LogP contribution is 2.25. The van der Waals surface area contributed by atoms with Crippen LogP contribution in [0.5, 0.6) is 5.75 Å². The van der Waals surface area contributed by atoms with Crippen molar-refractivity contribution < 1.29 is 4.74 Å². The summed E-state index contributed by atoms with van der Waals surface area (Å²) in [6.45, 7) is 0.395. The van der Waals surface area contributed by atoms with Gasteiger partial charge in [-0.05, 0) is 54.1 Å². The molecule has 0 amide bonds. The van der Waals surface area contributed by atoms with Gasteiger partial charge in [0.25, 0.3) is 0 Å². The zero-order valence-corrected chi connectivity index (χ0v) is 15.9. The Morgan fingerprint density at radius 2 is 1.72 bits per heavy atom. The minimum Gasteiger partial charge on any atom is -0.487 e. The molecule has 0 N–H and O–H groups in total. The summed E-state index contributed by atoms with van der Waals surface area (Å²) >= 11 is 0. The van der Waals surface area contributed by atoms with E-state index in [4.69, 9.17) is 4.74 Å². The first kappa shape index (κ1) is 17.2. The van der Waals surface area contributed by atoms with Gasteiger partial charge in [0.15, 0.2) is 0 Å². The first-order valence-corrected chi connectivity index (χ1v) is 9.36. The second-order valence-electron chi connectivity index (χ2n) is 6.80. The fraction of sp³-hybridized carbons (Fsp3) is 0.0870. The van der Waals surface area contributed by atoms with Gasteiger partial charge in [-0.15, -0.1) is 0 Å². The van der Waals surface area contributed by atoms with Gasteiger partial charge < -0.3 is 9.14 Å². The Morgan fingerprint density at radius 3 is 2.52 bits per heavy atom. The van der Waals surface area contributed by atoms with Crippen molar-refractivity contribution in [2.75, 3.05) is 0 Å². The standard InChI is InChI=1S/C23H19N5O/c1-27-14-20(17-9-11-24-12-10-17)22(26-27)16-29-19-7-5-18(6-8-19)21-15-28-13-3-2-4-23(28)25-21/h2-15H,16H2,1H3. The molecule has 0 saturated carbocycles. The summed E-state index contributed by atoms with van der Waals surface area (Å²) < 4.78 is 9.82. The third kappa shape index (κ3) is 3.48. The van der Waals surface area contributed by atoms with Crippen molar-refractivity contribution in [2.45, 2.75) is 6.61 Å². The fourth-order valence-corrected chi connectivity index (χ4v) is 3.36. The number of hydrogen-bond acceptors (Lipinski definition) is 4. The Labute approximate surface area is 168 Å². The lowest BCUT2D eigenvalue weighted by molar-refractivity contribution is 0.300. The maximum Gasteiger partial charge on any atom is 0.137 e. The summed E-state index contributed by atoms with van der Waals surface area (Å²) in [5.74, 6) is 0.795. The molecule has 0 aliphatic rings. The van der Waals surface area contributed by atoms with E-state index in [1.54, 1.807) is 17.1 Å². The molecule has 0 unspecified atom stereocenters. The van der Waals surface area contributed by atoms with Crippen molar-refractivity contribution in [3.05, 3.63) is 91.3 Å². The lowest BCUT2D eigenvalue weighted by atomic mass is 10.1. The molecule has 142 valence electrons. The number of pyridine rings is 2. The van der Waals surface area contributed by atoms with E-state index in [9.17, 15) is 0 Å². The van der Waals surface area contributed by atoms with Crippen LogP contribution in [0.1, 0.15) is 5.69 Å². The lowest BCUT2D eigenvalue weighted by Gasteiger charge is -2.07. The lowest BCUT2D eigenvalue weighted by Crippen LogP contribution is -1.99. The maximum absolute atomic E-state index is 6.00. The van der Waals surface area contributed by atoms with Crippen LogP contribution in [0.3, 0.4) is 0 Å². The molecule has 4 aromatic heterocycles. The van der Waals surface area contributed by atoms with Gasteiger partial charge in [0.1, 0.15) is 23.7 Å². The molecular weight excluding hydrogens is 362 g/mol. The van der Waals surface area contributed by atoms with E-state index in [1.807, 2.05) is 84.6 Å². The van der Waals surface area contributed by atoms with E-state index in [1.165, 1.54) is 0 Å². The van der Waals surface area contributed by atoms with Crippen LogP contribution in [0.4, 0.5) is 0 Å². The van der Waals surface area contributed by atoms with Crippen molar-refractivity contribution in [1.29, 1.82) is 0 Å². The van der Waals surface area contributed by atoms with Gasteiger partial charge in [-0.2, -0.15) is 5.10 Å². The largest absolute Gasteiger partial charge is 0.487 e. The van der Waals surface area contributed by atoms with Crippen molar-refractivity contribution in [3.63, 3.8) is 0 Å². The highest BCUT2D eigenvalue weighted by atomic mass is 16.5. The summed E-state index contributed by atoms with van der Waals surface area (Å²) in [6, 6.07) is 17.9. The van der Waals surface area contributed by atoms with Crippen LogP contribution in [-0.2, 0) is 13.7 Å². The maximum atomic E-state index is 6.00. The normalized spacial score (nSPS) is 11.1. The SMILES string of the molecule is Cn1cc(-c2ccncc2)c(COc2ccc(-c3cn4ccccc4n3)cc2)n1. The number of fused-ring (bicyclic) bond motifs is 1. The van der Waals surface area contributed by atoms with Gasteiger partial charge in [0.05, 0.1) is 5.69 Å². The number of hydrogen-bond donors (Lipinski definition) is 0. The molecule has 0 saturated heterocycles. The van der Waals surface area contributed by atoms with E-state index >= 15 is 0 Å². The van der Waals surface area contributed by atoms with E-state index in [2.05, 4.69) is 15.1 Å². The predicted molar refractivity (Wildman–Crippen MR) is 111 cm³/mol. The molecule has 0 fully saturated rings. The summed E-state index contributed by atoms with van der Waals surface area (Å²) in [7, 11) is 1.91. The zero-order valence-electron chi connectivity index (χ0n) is 15.9. The van der Waals surface area contributed by atoms with Crippen LogP contribution in [0, 0.1) is 0 Å². The first-order chi connectivity index (χ1) is 14.3. The van der Waals surface area contributed by atoms with Crippen LogP contribution in [0.2, 0.25) is 0 Å². The molecule has 1 aromatic carbocycles. The zero-order chi connectivity index (χ0) is 19.6. The molecule has 5 rings (SSSR count). The number of aromatic nitrogens is 5. The molecule has 0 spiro atoms. The molecule has 0 atom stereocenters. The summed E-state index contributed by atoms with van der Waals surface area (Å²) in [5, 5.41) is 4.55. The van der Waals surface area contributed by atoms with Crippen LogP contribution >= 0.6 is 0 Å². The average Bonchev–Trinajstić information content (AvgIpc) is 3.36. The van der Waals surface area contributed by atoms with Crippen LogP contribution < -0.4 is 4.74 Å². The van der Waals surface area contributed by atoms with E-state index in [0.29, 0.717) is 6.61 Å². The van der Waals surface area contributed by atoms with Gasteiger partial charge in [-0.25, -0.2) is 4.98 Å². The Balaban J connectivity index is 1.33. The molecular formula is C23H19N5O. The number of ether oxygens (including phenoxy) is 1. The quantitative estimate of drug-likeness (QED) is 0.453. The highest BCUT2D eigenvalue weighted by molar-refractivity contribution is 5.65. The van der Waals surface area contributed by atoms with Crippen molar-refractivity contribution >= 4 is 5.65 Å². The average molecular weight is 381 g/mol. The topological polar surface area (TPSA) is 57.2 Å². The summed E-state index contributed by atoms with van der Waals surface area (Å²) in [4.78, 5) is 8.74. The number of aryl methyl sites for hydroxylation is 1. The van der Waals surface area contributed by atoms with Gasteiger partial charge >= 0.3 is 0 Å². The van der Waals surface area contributed by atoms with Crippen molar-refractivity contribution in [1.82, 2.24) is 24.1 Å². The van der Waals surface area contributed by atoms with Gasteiger partial charge in [0.2, 0.25) is 0 Å². The molecule has 4 heterocycles. The minimum atomic E-state index is 0.395. The summed E-state index contributed by atoms with van der Waals surface area (Å²) in [5.41, 5.74) is 5.94. The Bertz CT molecular complexity index is 1220. The third-order valence-electron chi connectivity index (χ3n) is 4.79. The summed E-state index contributed by atoms with van der Waals surface area (Å²) in [6.07, 6.45) is 9.59. The number of imidazole rings is 1. The Hall–Kier alpha value is -3.93. The molecule has 0 aliphatic carbocycles. The van der Waals surface area contributed by atoms with Gasteiger partial charge in [0, 0.05) is 49.2 Å². The van der Waals surface area contributed by atoms with Gasteiger partial charge in [-0.3, -0.25) is 9.67 Å². The molecule has 0 bridgehead atoms. The van der Waals surface area contributed by atoms with Crippen molar-refractivity contribution in [2.24, 2.45) is 7.05 Å². The molecule has 0 aliphatic heterocycles. The number of benzene rings is 1. The molecule has 29 heavy (non-hydrogen) atoms. The number of nitrogens with zero attached hydrogens (tertiary/aromatic N) is 5. The van der Waals surface area contributed by atoms with Crippen molar-refractivity contribution in [3.8, 4) is 28.1 Å². The number of rotatable bonds is 5. The van der Waals surface area contributed by atoms with E-state index in [0.717, 1.165) is 39.5 Å². The van der Waals surface area contributed by atoms with Gasteiger partial charge in [-0.1, -0.05) is 6.07 Å². The van der Waals surface area contributed by atoms with Crippen LogP contribution in [0.25, 0.3) is 28.0 Å². The molecule has 6 nitrogen and oxygen atoms in total. The highest BCUT2D eigenvalue weighted by Gasteiger charge is 2.11. The fourth-order valence-electron chi connectivity index (χ4n) is 3.36. The Kier molecular flexibility index (Phi) is 4.29. The minimum absolute atomic E-state index is 0.395. The third-order valence-corrected chi connectivity index (χ3v) is 4.79. The molecule has 0 radical (unpaired) electrons. The van der Waals surface area contributed by atoms with E-state index in [-0.39, 0.29) is 0 Å². The molecule has 5 aromatic rings. The monoisotopic (exact) mass is 381 g/mol. The first-order valence-electron chi connectivity index (χ1n) is 9.36. The second kappa shape index (κ2) is 7.24. The molecule has 6 heteroatoms.